The molecule has 1 amide bonds. The van der Waals surface area contributed by atoms with E-state index in [0.717, 1.165) is 11.4 Å². The summed E-state index contributed by atoms with van der Waals surface area (Å²) < 4.78 is 0. The van der Waals surface area contributed by atoms with Gasteiger partial charge in [-0.25, -0.2) is 9.97 Å². The number of hydrogen-bond donors (Lipinski definition) is 2. The Hall–Kier alpha value is -2.50. The topological polar surface area (TPSA) is 87.7 Å². The summed E-state index contributed by atoms with van der Waals surface area (Å²) in [6, 6.07) is 5.02. The molecule has 2 aromatic heterocycles. The molecule has 0 radical (unpaired) electrons. The van der Waals surface area contributed by atoms with Gasteiger partial charge in [0.15, 0.2) is 0 Å². The Kier molecular flexibility index (Phi) is 3.28. The molecule has 2 aromatic rings. The maximum absolute atomic E-state index is 11.9. The molecular formula is C14H14N4O2. The first-order chi connectivity index (χ1) is 9.74. The monoisotopic (exact) mass is 270 g/mol. The SMILES string of the molecule is O=C(NCc1cc(C2CC2)ncn1)c1ccc[nH]c1=O. The van der Waals surface area contributed by atoms with Gasteiger partial charge in [0.05, 0.1) is 12.2 Å². The second-order valence-electron chi connectivity index (χ2n) is 4.80. The minimum absolute atomic E-state index is 0.101. The van der Waals surface area contributed by atoms with Crippen molar-refractivity contribution >= 4 is 5.91 Å². The van der Waals surface area contributed by atoms with E-state index in [4.69, 9.17) is 0 Å². The van der Waals surface area contributed by atoms with E-state index in [2.05, 4.69) is 20.3 Å². The van der Waals surface area contributed by atoms with E-state index in [1.54, 1.807) is 6.07 Å². The standard InChI is InChI=1S/C14H14N4O2/c19-13-11(2-1-5-15-13)14(20)16-7-10-6-12(9-3-4-9)18-8-17-10/h1-2,5-6,8-9H,3-4,7H2,(H,15,19)(H,16,20). The molecule has 0 atom stereocenters. The molecule has 102 valence electrons. The number of carbonyl (C=O) groups is 1. The molecule has 1 aliphatic rings. The van der Waals surface area contributed by atoms with Gasteiger partial charge in [-0.3, -0.25) is 9.59 Å². The summed E-state index contributed by atoms with van der Waals surface area (Å²) in [7, 11) is 0. The van der Waals surface area contributed by atoms with Crippen LogP contribution < -0.4 is 10.9 Å². The molecule has 1 fully saturated rings. The molecule has 0 aliphatic heterocycles. The van der Waals surface area contributed by atoms with Crippen LogP contribution in [0.3, 0.4) is 0 Å². The molecule has 0 unspecified atom stereocenters. The molecule has 1 saturated carbocycles. The number of nitrogens with one attached hydrogen (secondary N) is 2. The minimum atomic E-state index is -0.404. The third-order valence-electron chi connectivity index (χ3n) is 3.23. The quantitative estimate of drug-likeness (QED) is 0.866. The number of carbonyl (C=O) groups excluding carboxylic acids is 1. The Morgan fingerprint density at radius 2 is 2.25 bits per heavy atom. The van der Waals surface area contributed by atoms with Crippen molar-refractivity contribution in [2.45, 2.75) is 25.3 Å². The fourth-order valence-corrected chi connectivity index (χ4v) is 1.98. The predicted molar refractivity (Wildman–Crippen MR) is 72.2 cm³/mol. The molecular weight excluding hydrogens is 256 g/mol. The van der Waals surface area contributed by atoms with Crippen LogP contribution in [0.5, 0.6) is 0 Å². The van der Waals surface area contributed by atoms with Crippen molar-refractivity contribution in [3.8, 4) is 0 Å². The Balaban J connectivity index is 1.67. The van der Waals surface area contributed by atoms with Crippen LogP contribution in [-0.2, 0) is 6.54 Å². The lowest BCUT2D eigenvalue weighted by Gasteiger charge is -2.05. The lowest BCUT2D eigenvalue weighted by Crippen LogP contribution is -2.29. The van der Waals surface area contributed by atoms with Gasteiger partial charge < -0.3 is 10.3 Å². The summed E-state index contributed by atoms with van der Waals surface area (Å²) in [5.74, 6) is 0.142. The van der Waals surface area contributed by atoms with Crippen molar-refractivity contribution in [3.63, 3.8) is 0 Å². The average Bonchev–Trinajstić information content (AvgIpc) is 3.30. The van der Waals surface area contributed by atoms with Gasteiger partial charge in [0.25, 0.3) is 11.5 Å². The van der Waals surface area contributed by atoms with Crippen molar-refractivity contribution in [2.75, 3.05) is 0 Å². The molecule has 1 aliphatic carbocycles. The Morgan fingerprint density at radius 3 is 3.00 bits per heavy atom. The van der Waals surface area contributed by atoms with Gasteiger partial charge in [-0.05, 0) is 31.0 Å². The molecule has 6 heteroatoms. The van der Waals surface area contributed by atoms with Gasteiger partial charge in [0.1, 0.15) is 11.9 Å². The van der Waals surface area contributed by atoms with Crippen LogP contribution >= 0.6 is 0 Å². The molecule has 20 heavy (non-hydrogen) atoms. The van der Waals surface area contributed by atoms with E-state index >= 15 is 0 Å². The van der Waals surface area contributed by atoms with Gasteiger partial charge >= 0.3 is 0 Å². The first-order valence-electron chi connectivity index (χ1n) is 6.51. The fourth-order valence-electron chi connectivity index (χ4n) is 1.98. The van der Waals surface area contributed by atoms with Gasteiger partial charge in [-0.2, -0.15) is 0 Å². The largest absolute Gasteiger partial charge is 0.346 e. The smallest absolute Gasteiger partial charge is 0.260 e. The summed E-state index contributed by atoms with van der Waals surface area (Å²) in [6.07, 6.45) is 5.35. The van der Waals surface area contributed by atoms with Gasteiger partial charge in [-0.1, -0.05) is 0 Å². The second kappa shape index (κ2) is 5.24. The van der Waals surface area contributed by atoms with E-state index in [1.165, 1.54) is 31.4 Å². The number of pyridine rings is 1. The van der Waals surface area contributed by atoms with Crippen LogP contribution in [0.25, 0.3) is 0 Å². The molecule has 0 aromatic carbocycles. The van der Waals surface area contributed by atoms with Gasteiger partial charge in [0, 0.05) is 17.8 Å². The Morgan fingerprint density at radius 1 is 1.40 bits per heavy atom. The van der Waals surface area contributed by atoms with E-state index in [1.807, 2.05) is 6.07 Å². The van der Waals surface area contributed by atoms with E-state index in [-0.39, 0.29) is 12.1 Å². The number of H-pyrrole nitrogens is 1. The highest BCUT2D eigenvalue weighted by Gasteiger charge is 2.25. The van der Waals surface area contributed by atoms with E-state index < -0.39 is 11.5 Å². The first-order valence-corrected chi connectivity index (χ1v) is 6.51. The molecule has 2 N–H and O–H groups in total. The highest BCUT2D eigenvalue weighted by molar-refractivity contribution is 5.93. The molecule has 0 saturated heterocycles. The third kappa shape index (κ3) is 2.74. The Bertz CT molecular complexity index is 691. The fraction of sp³-hybridized carbons (Fsp3) is 0.286. The second-order valence-corrected chi connectivity index (χ2v) is 4.80. The Labute approximate surface area is 115 Å². The number of amides is 1. The van der Waals surface area contributed by atoms with Crippen molar-refractivity contribution in [1.29, 1.82) is 0 Å². The normalized spacial score (nSPS) is 14.0. The number of rotatable bonds is 4. The van der Waals surface area contributed by atoms with Crippen LogP contribution in [0, 0.1) is 0 Å². The molecule has 0 spiro atoms. The van der Waals surface area contributed by atoms with Crippen LogP contribution in [0.2, 0.25) is 0 Å². The lowest BCUT2D eigenvalue weighted by molar-refractivity contribution is 0.0949. The van der Waals surface area contributed by atoms with Crippen molar-refractivity contribution in [2.24, 2.45) is 0 Å². The summed E-state index contributed by atoms with van der Waals surface area (Å²) >= 11 is 0. The van der Waals surface area contributed by atoms with Gasteiger partial charge in [0.2, 0.25) is 0 Å². The van der Waals surface area contributed by atoms with E-state index in [9.17, 15) is 9.59 Å². The van der Waals surface area contributed by atoms with Crippen LogP contribution in [0.15, 0.2) is 35.5 Å². The summed E-state index contributed by atoms with van der Waals surface area (Å²) in [5, 5.41) is 2.69. The van der Waals surface area contributed by atoms with Crippen LogP contribution in [0.1, 0.15) is 40.5 Å². The number of nitrogens with zero attached hydrogens (tertiary/aromatic N) is 2. The van der Waals surface area contributed by atoms with E-state index in [0.29, 0.717) is 5.92 Å². The average molecular weight is 270 g/mol. The number of aromatic nitrogens is 3. The summed E-state index contributed by atoms with van der Waals surface area (Å²) in [5.41, 5.74) is 1.49. The molecule has 2 heterocycles. The molecule has 0 bridgehead atoms. The zero-order valence-corrected chi connectivity index (χ0v) is 10.8. The van der Waals surface area contributed by atoms with Crippen LogP contribution in [0.4, 0.5) is 0 Å². The maximum Gasteiger partial charge on any atom is 0.260 e. The summed E-state index contributed by atoms with van der Waals surface area (Å²) in [6.45, 7) is 0.287. The van der Waals surface area contributed by atoms with Crippen molar-refractivity contribution in [3.05, 3.63) is 58.0 Å². The van der Waals surface area contributed by atoms with Gasteiger partial charge in [-0.15, -0.1) is 0 Å². The third-order valence-corrected chi connectivity index (χ3v) is 3.23. The number of aromatic amines is 1. The zero-order valence-electron chi connectivity index (χ0n) is 10.8. The maximum atomic E-state index is 11.9. The van der Waals surface area contributed by atoms with Crippen LogP contribution in [-0.4, -0.2) is 20.9 Å². The molecule has 3 rings (SSSR count). The van der Waals surface area contributed by atoms with Crippen molar-refractivity contribution in [1.82, 2.24) is 20.3 Å². The highest BCUT2D eigenvalue weighted by atomic mass is 16.2. The number of hydrogen-bond acceptors (Lipinski definition) is 4. The summed E-state index contributed by atoms with van der Waals surface area (Å²) in [4.78, 5) is 34.2. The molecule has 6 nitrogen and oxygen atoms in total. The minimum Gasteiger partial charge on any atom is -0.346 e. The lowest BCUT2D eigenvalue weighted by atomic mass is 10.2. The predicted octanol–water partition coefficient (Wildman–Crippen LogP) is 0.972. The zero-order chi connectivity index (χ0) is 13.9. The highest BCUT2D eigenvalue weighted by Crippen LogP contribution is 2.38. The first kappa shape index (κ1) is 12.5. The van der Waals surface area contributed by atoms with Crippen molar-refractivity contribution < 1.29 is 4.79 Å².